The lowest BCUT2D eigenvalue weighted by molar-refractivity contribution is -0.126. The van der Waals surface area contributed by atoms with E-state index in [2.05, 4.69) is 16.5 Å². The normalized spacial score (nSPS) is 14.3. The molecule has 1 aliphatic rings. The highest BCUT2D eigenvalue weighted by molar-refractivity contribution is 6.34. The average molecular weight is 429 g/mol. The summed E-state index contributed by atoms with van der Waals surface area (Å²) in [5, 5.41) is 0.533. The molecule has 2 aromatic carbocycles. The number of rotatable bonds is 3. The van der Waals surface area contributed by atoms with Gasteiger partial charge in [-0.3, -0.25) is 4.79 Å². The van der Waals surface area contributed by atoms with E-state index in [1.807, 2.05) is 4.90 Å². The van der Waals surface area contributed by atoms with Gasteiger partial charge in [0.25, 0.3) is 0 Å². The molecule has 1 fully saturated rings. The molecule has 0 radical (unpaired) electrons. The van der Waals surface area contributed by atoms with Crippen LogP contribution in [0.15, 0.2) is 43.2 Å². The zero-order chi connectivity index (χ0) is 21.4. The number of aromatic nitrogens is 2. The maximum atomic E-state index is 15.5. The molecule has 0 saturated carbocycles. The maximum Gasteiger partial charge on any atom is 0.246 e. The zero-order valence-corrected chi connectivity index (χ0v) is 17.1. The number of piperazine rings is 1. The van der Waals surface area contributed by atoms with Gasteiger partial charge in [-0.1, -0.05) is 30.3 Å². The summed E-state index contributed by atoms with van der Waals surface area (Å²) in [7, 11) is 0. The molecule has 1 aromatic heterocycles. The van der Waals surface area contributed by atoms with Crippen LogP contribution in [0.4, 0.5) is 14.6 Å². The van der Waals surface area contributed by atoms with Crippen molar-refractivity contribution in [1.29, 1.82) is 0 Å². The highest BCUT2D eigenvalue weighted by Crippen LogP contribution is 2.39. The molecule has 0 unspecified atom stereocenters. The molecular weight excluding hydrogens is 410 g/mol. The number of nitrogens with zero attached hydrogens (tertiary/aromatic N) is 4. The van der Waals surface area contributed by atoms with E-state index in [1.165, 1.54) is 18.5 Å². The summed E-state index contributed by atoms with van der Waals surface area (Å²) in [5.41, 5.74) is 0.767. The van der Waals surface area contributed by atoms with Crippen LogP contribution in [0.25, 0.3) is 22.0 Å². The van der Waals surface area contributed by atoms with Gasteiger partial charge >= 0.3 is 0 Å². The number of carbonyl (C=O) groups is 1. The molecule has 0 atom stereocenters. The number of aryl methyl sites for hydroxylation is 1. The van der Waals surface area contributed by atoms with Crippen LogP contribution in [0.5, 0.6) is 0 Å². The van der Waals surface area contributed by atoms with E-state index in [0.29, 0.717) is 42.9 Å². The van der Waals surface area contributed by atoms with E-state index < -0.39 is 11.6 Å². The fourth-order valence-corrected chi connectivity index (χ4v) is 4.10. The first-order valence-electron chi connectivity index (χ1n) is 9.47. The van der Waals surface area contributed by atoms with Gasteiger partial charge in [0.15, 0.2) is 5.82 Å². The molecule has 0 aliphatic carbocycles. The van der Waals surface area contributed by atoms with Crippen molar-refractivity contribution < 1.29 is 13.6 Å². The van der Waals surface area contributed by atoms with E-state index in [4.69, 9.17) is 11.6 Å². The molecule has 0 spiro atoms. The van der Waals surface area contributed by atoms with Crippen LogP contribution in [0.1, 0.15) is 5.56 Å². The second-order valence-corrected chi connectivity index (χ2v) is 7.50. The summed E-state index contributed by atoms with van der Waals surface area (Å²) in [6, 6.07) is 6.13. The SMILES string of the molecule is C=CC(=O)N1CCN(c2ncnc3c(F)c(-c4c(C)cccc4F)c(Cl)cc23)CC1. The molecule has 1 saturated heterocycles. The van der Waals surface area contributed by atoms with Crippen LogP contribution < -0.4 is 4.90 Å². The number of halogens is 3. The van der Waals surface area contributed by atoms with Crippen molar-refractivity contribution in [3.05, 3.63) is 65.5 Å². The van der Waals surface area contributed by atoms with Gasteiger partial charge in [0, 0.05) is 42.7 Å². The summed E-state index contributed by atoms with van der Waals surface area (Å²) in [4.78, 5) is 23.9. The van der Waals surface area contributed by atoms with Crippen LogP contribution in [-0.4, -0.2) is 47.0 Å². The van der Waals surface area contributed by atoms with Crippen molar-refractivity contribution in [3.8, 4) is 11.1 Å². The summed E-state index contributed by atoms with van der Waals surface area (Å²) in [6.07, 6.45) is 2.57. The first-order chi connectivity index (χ1) is 14.4. The van der Waals surface area contributed by atoms with Gasteiger partial charge in [-0.15, -0.1) is 0 Å². The predicted octanol–water partition coefficient (Wildman–Crippen LogP) is 4.37. The van der Waals surface area contributed by atoms with E-state index in [9.17, 15) is 9.18 Å². The Hall–Kier alpha value is -3.06. The fourth-order valence-electron chi connectivity index (χ4n) is 3.81. The van der Waals surface area contributed by atoms with E-state index in [-0.39, 0.29) is 27.6 Å². The largest absolute Gasteiger partial charge is 0.352 e. The van der Waals surface area contributed by atoms with Gasteiger partial charge in [0.2, 0.25) is 5.91 Å². The van der Waals surface area contributed by atoms with Crippen LogP contribution in [0, 0.1) is 18.6 Å². The number of anilines is 1. The van der Waals surface area contributed by atoms with Gasteiger partial charge in [-0.05, 0) is 30.7 Å². The Labute approximate surface area is 177 Å². The molecule has 3 aromatic rings. The Morgan fingerprint density at radius 2 is 1.90 bits per heavy atom. The minimum Gasteiger partial charge on any atom is -0.352 e. The average Bonchev–Trinajstić information content (AvgIpc) is 2.75. The lowest BCUT2D eigenvalue weighted by Gasteiger charge is -2.35. The Morgan fingerprint density at radius 3 is 2.57 bits per heavy atom. The molecule has 2 heterocycles. The molecule has 4 rings (SSSR count). The number of fused-ring (bicyclic) bond motifs is 1. The molecule has 0 bridgehead atoms. The monoisotopic (exact) mass is 428 g/mol. The van der Waals surface area contributed by atoms with Crippen molar-refractivity contribution in [1.82, 2.24) is 14.9 Å². The molecule has 5 nitrogen and oxygen atoms in total. The van der Waals surface area contributed by atoms with Crippen molar-refractivity contribution in [2.45, 2.75) is 6.92 Å². The Kier molecular flexibility index (Phi) is 5.39. The third-order valence-electron chi connectivity index (χ3n) is 5.34. The first-order valence-corrected chi connectivity index (χ1v) is 9.84. The van der Waals surface area contributed by atoms with Crippen LogP contribution in [0.2, 0.25) is 5.02 Å². The summed E-state index contributed by atoms with van der Waals surface area (Å²) < 4.78 is 30.0. The third-order valence-corrected chi connectivity index (χ3v) is 5.64. The topological polar surface area (TPSA) is 49.3 Å². The summed E-state index contributed by atoms with van der Waals surface area (Å²) in [5.74, 6) is -0.827. The lowest BCUT2D eigenvalue weighted by atomic mass is 9.97. The summed E-state index contributed by atoms with van der Waals surface area (Å²) >= 11 is 6.44. The number of hydrogen-bond donors (Lipinski definition) is 0. The van der Waals surface area contributed by atoms with Crippen LogP contribution in [-0.2, 0) is 4.79 Å². The Balaban J connectivity index is 1.79. The minimum absolute atomic E-state index is 0.00850. The molecule has 0 N–H and O–H groups in total. The van der Waals surface area contributed by atoms with Gasteiger partial charge in [0.05, 0.1) is 5.02 Å². The van der Waals surface area contributed by atoms with Crippen molar-refractivity contribution in [3.63, 3.8) is 0 Å². The standard InChI is InChI=1S/C22H19ClF2N4O/c1-3-17(30)28-7-9-29(10-8-28)22-14-11-15(23)19(20(25)21(14)26-12-27-22)18-13(2)5-4-6-16(18)24/h3-6,11-12H,1,7-10H2,2H3. The third kappa shape index (κ3) is 3.39. The van der Waals surface area contributed by atoms with Crippen LogP contribution >= 0.6 is 11.6 Å². The lowest BCUT2D eigenvalue weighted by Crippen LogP contribution is -2.48. The molecule has 1 aliphatic heterocycles. The van der Waals surface area contributed by atoms with E-state index >= 15 is 4.39 Å². The Morgan fingerprint density at radius 1 is 1.17 bits per heavy atom. The number of benzene rings is 2. The summed E-state index contributed by atoms with van der Waals surface area (Å²) in [6.45, 7) is 7.26. The quantitative estimate of drug-likeness (QED) is 0.581. The van der Waals surface area contributed by atoms with Crippen molar-refractivity contribution >= 4 is 34.2 Å². The Bertz CT molecular complexity index is 1140. The molecule has 1 amide bonds. The van der Waals surface area contributed by atoms with Crippen LogP contribution in [0.3, 0.4) is 0 Å². The molecule has 154 valence electrons. The minimum atomic E-state index is -0.685. The smallest absolute Gasteiger partial charge is 0.246 e. The molecule has 8 heteroatoms. The number of carbonyl (C=O) groups excluding carboxylic acids is 1. The van der Waals surface area contributed by atoms with Gasteiger partial charge < -0.3 is 9.80 Å². The first kappa shape index (κ1) is 20.2. The van der Waals surface area contributed by atoms with E-state index in [1.54, 1.807) is 30.0 Å². The van der Waals surface area contributed by atoms with Crippen molar-refractivity contribution in [2.75, 3.05) is 31.1 Å². The highest BCUT2D eigenvalue weighted by Gasteiger charge is 2.25. The van der Waals surface area contributed by atoms with Gasteiger partial charge in [0.1, 0.15) is 23.5 Å². The van der Waals surface area contributed by atoms with Crippen molar-refractivity contribution in [2.24, 2.45) is 0 Å². The number of hydrogen-bond acceptors (Lipinski definition) is 4. The van der Waals surface area contributed by atoms with Gasteiger partial charge in [-0.25, -0.2) is 18.7 Å². The second-order valence-electron chi connectivity index (χ2n) is 7.09. The highest BCUT2D eigenvalue weighted by atomic mass is 35.5. The second kappa shape index (κ2) is 7.99. The molecule has 30 heavy (non-hydrogen) atoms. The fraction of sp³-hybridized carbons (Fsp3) is 0.227. The van der Waals surface area contributed by atoms with E-state index in [0.717, 1.165) is 0 Å². The maximum absolute atomic E-state index is 15.5. The predicted molar refractivity (Wildman–Crippen MR) is 114 cm³/mol. The zero-order valence-electron chi connectivity index (χ0n) is 16.3. The molecular formula is C22H19ClF2N4O. The number of amides is 1. The van der Waals surface area contributed by atoms with Gasteiger partial charge in [-0.2, -0.15) is 0 Å².